The normalized spacial score (nSPS) is 7.77. The molecule has 73 valence electrons. The van der Waals surface area contributed by atoms with Gasteiger partial charge in [-0.05, 0) is 0 Å². The van der Waals surface area contributed by atoms with E-state index in [0.717, 1.165) is 0 Å². The van der Waals surface area contributed by atoms with Gasteiger partial charge in [0.2, 0.25) is 17.7 Å². The van der Waals surface area contributed by atoms with Crippen LogP contribution >= 0.6 is 19.7 Å². The maximum atomic E-state index is 10.5. The van der Waals surface area contributed by atoms with Crippen LogP contribution in [0.25, 0.3) is 0 Å². The zero-order valence-electron chi connectivity index (χ0n) is 7.70. The van der Waals surface area contributed by atoms with Gasteiger partial charge >= 0.3 is 38.2 Å². The van der Waals surface area contributed by atoms with Gasteiger partial charge in [-0.15, -0.1) is 0 Å². The number of nitrogens with two attached hydrogens (primary N) is 1. The van der Waals surface area contributed by atoms with Crippen molar-refractivity contribution in [1.29, 1.82) is 0 Å². The average molecular weight is 356 g/mol. The van der Waals surface area contributed by atoms with Crippen molar-refractivity contribution in [2.75, 3.05) is 0 Å². The molecule has 0 saturated heterocycles. The quantitative estimate of drug-likeness (QED) is 0.484. The molecule has 0 atom stereocenters. The number of hydrogen-bond donors (Lipinski definition) is 1. The van der Waals surface area contributed by atoms with E-state index < -0.39 is 17.7 Å². The van der Waals surface area contributed by atoms with Crippen LogP contribution in [0.4, 0.5) is 0 Å². The van der Waals surface area contributed by atoms with Gasteiger partial charge in [0, 0.05) is 20.8 Å². The van der Waals surface area contributed by atoms with E-state index in [1.165, 1.54) is 20.8 Å². The molecule has 13 heavy (non-hydrogen) atoms. The molecule has 0 aliphatic carbocycles. The molecule has 0 heterocycles. The molecule has 0 spiro atoms. The molecule has 0 aromatic rings. The third-order valence-electron chi connectivity index (χ3n) is 0.945. The van der Waals surface area contributed by atoms with Gasteiger partial charge in [-0.25, -0.2) is 4.90 Å². The number of hydrogen-bond acceptors (Lipinski definition) is 4. The molecule has 0 aliphatic heterocycles. The number of amides is 3. The molecule has 7 heteroatoms. The van der Waals surface area contributed by atoms with Crippen LogP contribution in [0.3, 0.4) is 0 Å². The van der Waals surface area contributed by atoms with E-state index in [4.69, 9.17) is 4.44 Å². The molecule has 0 unspecified atom stereocenters. The first kappa shape index (κ1) is 15.6. The molecule has 0 fully saturated rings. The Kier molecular flexibility index (Phi) is 10.5. The van der Waals surface area contributed by atoms with E-state index in [-0.39, 0.29) is 14.1 Å². The van der Waals surface area contributed by atoms with Crippen molar-refractivity contribution in [3.8, 4) is 0 Å². The van der Waals surface area contributed by atoms with E-state index in [1.54, 1.807) is 0 Å². The molecule has 2 N–H and O–H groups in total. The number of rotatable bonds is 0. The molecule has 0 aromatic heterocycles. The van der Waals surface area contributed by atoms with Crippen LogP contribution in [0.15, 0.2) is 0 Å². The Morgan fingerprint density at radius 3 is 1.23 bits per heavy atom. The molecule has 0 bridgehead atoms. The fourth-order valence-electron chi connectivity index (χ4n) is 0.665. The summed E-state index contributed by atoms with van der Waals surface area (Å²) in [4.78, 5) is 32.1. The third-order valence-corrected chi connectivity index (χ3v) is 0.945. The molecule has 0 saturated carbocycles. The topological polar surface area (TPSA) is 80.5 Å². The SMILES string of the molecule is CC(=O)N(C(C)=O)C(C)=O.[NH2][Ga][I]. The van der Waals surface area contributed by atoms with Crippen molar-refractivity contribution in [3.63, 3.8) is 0 Å². The first-order valence-corrected chi connectivity index (χ1v) is 12.1. The fourth-order valence-corrected chi connectivity index (χ4v) is 0.665. The summed E-state index contributed by atoms with van der Waals surface area (Å²) in [6, 6.07) is 0. The molecule has 5 nitrogen and oxygen atoms in total. The van der Waals surface area contributed by atoms with Crippen molar-refractivity contribution < 1.29 is 14.4 Å². The minimum absolute atomic E-state index is 0.218. The summed E-state index contributed by atoms with van der Waals surface area (Å²) >= 11 is 2.00. The second kappa shape index (κ2) is 8.72. The Hall–Kier alpha value is 0.136. The van der Waals surface area contributed by atoms with Crippen molar-refractivity contribution in [2.24, 2.45) is 4.44 Å². The number of imide groups is 3. The van der Waals surface area contributed by atoms with Gasteiger partial charge < -0.3 is 0 Å². The zero-order valence-corrected chi connectivity index (χ0v) is 12.3. The molecule has 3 amide bonds. The van der Waals surface area contributed by atoms with E-state index >= 15 is 0 Å². The first-order chi connectivity index (χ1) is 5.88. The summed E-state index contributed by atoms with van der Waals surface area (Å²) in [5, 5.41) is 0. The van der Waals surface area contributed by atoms with E-state index in [0.29, 0.717) is 4.90 Å². The van der Waals surface area contributed by atoms with Crippen LogP contribution in [0.5, 0.6) is 0 Å². The summed E-state index contributed by atoms with van der Waals surface area (Å²) < 4.78 is 4.99. The summed E-state index contributed by atoms with van der Waals surface area (Å²) in [5.41, 5.74) is 0. The van der Waals surface area contributed by atoms with Gasteiger partial charge in [-0.2, -0.15) is 0 Å². The fraction of sp³-hybridized carbons (Fsp3) is 0.500. The molecule has 0 aromatic carbocycles. The first-order valence-electron chi connectivity index (χ1n) is 3.33. The number of carbonyl (C=O) groups excluding carboxylic acids is 3. The number of nitrogens with zero attached hydrogens (tertiary/aromatic N) is 1. The van der Waals surface area contributed by atoms with Gasteiger partial charge in [0.1, 0.15) is 0 Å². The Bertz CT molecular complexity index is 177. The van der Waals surface area contributed by atoms with Gasteiger partial charge in [0.15, 0.2) is 0 Å². The van der Waals surface area contributed by atoms with Crippen LogP contribution in [0.2, 0.25) is 0 Å². The Labute approximate surface area is 95.6 Å². The summed E-state index contributed by atoms with van der Waals surface area (Å²) in [5.74, 6) is -1.62. The number of carbonyl (C=O) groups is 3. The summed E-state index contributed by atoms with van der Waals surface area (Å²) in [6.45, 7) is 3.51. The third kappa shape index (κ3) is 8.47. The van der Waals surface area contributed by atoms with Crippen molar-refractivity contribution in [2.45, 2.75) is 20.8 Å². The van der Waals surface area contributed by atoms with E-state index in [2.05, 4.69) is 19.7 Å². The predicted octanol–water partition coefficient (Wildman–Crippen LogP) is -0.158. The Morgan fingerprint density at radius 2 is 1.23 bits per heavy atom. The van der Waals surface area contributed by atoms with Crippen molar-refractivity contribution >= 4 is 51.5 Å². The predicted molar refractivity (Wildman–Crippen MR) is 57.8 cm³/mol. The minimum atomic E-state index is -0.542. The van der Waals surface area contributed by atoms with E-state index in [1.807, 2.05) is 0 Å². The van der Waals surface area contributed by atoms with Crippen LogP contribution in [-0.4, -0.2) is 36.7 Å². The summed E-state index contributed by atoms with van der Waals surface area (Å²) in [6.07, 6.45) is 0. The van der Waals surface area contributed by atoms with Crippen molar-refractivity contribution in [3.05, 3.63) is 0 Å². The monoisotopic (exact) mass is 355 g/mol. The molecule has 1 radical (unpaired) electrons. The maximum absolute atomic E-state index is 10.5. The van der Waals surface area contributed by atoms with Crippen LogP contribution in [0, 0.1) is 0 Å². The van der Waals surface area contributed by atoms with Gasteiger partial charge in [0.05, 0.1) is 0 Å². The molecule has 0 rings (SSSR count). The molecular weight excluding hydrogens is 345 g/mol. The number of halogens is 1. The Balaban J connectivity index is 0. The van der Waals surface area contributed by atoms with E-state index in [9.17, 15) is 14.4 Å². The van der Waals surface area contributed by atoms with Crippen molar-refractivity contribution in [1.82, 2.24) is 4.90 Å². The second-order valence-corrected chi connectivity index (χ2v) is 6.28. The van der Waals surface area contributed by atoms with Gasteiger partial charge in [0.25, 0.3) is 0 Å². The second-order valence-electron chi connectivity index (χ2n) is 2.02. The summed E-state index contributed by atoms with van der Waals surface area (Å²) in [7, 11) is 0. The van der Waals surface area contributed by atoms with Gasteiger partial charge in [-0.1, -0.05) is 0 Å². The zero-order chi connectivity index (χ0) is 11.0. The average Bonchev–Trinajstić information content (AvgIpc) is 1.84. The van der Waals surface area contributed by atoms with Gasteiger partial charge in [-0.3, -0.25) is 14.4 Å². The van der Waals surface area contributed by atoms with Crippen LogP contribution in [0.1, 0.15) is 20.8 Å². The molecule has 0 aliphatic rings. The van der Waals surface area contributed by atoms with Crippen LogP contribution in [-0.2, 0) is 14.4 Å². The molecular formula is C6H11GaIN2O3. The standard InChI is InChI=1S/C6H9NO3.Ga.HI.H2N/c1-4(8)7(5(2)9)6(3)10;;;/h1-3H3;;1H;1H2/q;+2;;-1/p-1. The van der Waals surface area contributed by atoms with Crippen LogP contribution < -0.4 is 4.44 Å². The Morgan fingerprint density at radius 1 is 1.08 bits per heavy atom.